The van der Waals surface area contributed by atoms with Crippen LogP contribution in [0, 0.1) is 12.3 Å². The van der Waals surface area contributed by atoms with Crippen LogP contribution in [0.25, 0.3) is 0 Å². The van der Waals surface area contributed by atoms with Crippen molar-refractivity contribution in [1.29, 1.82) is 0 Å². The minimum atomic E-state index is 0.500. The molecule has 0 saturated heterocycles. The Morgan fingerprint density at radius 2 is 2.05 bits per heavy atom. The number of nitrogens with one attached hydrogen (secondary N) is 1. The number of halogens is 1. The van der Waals surface area contributed by atoms with Gasteiger partial charge in [0.05, 0.1) is 0 Å². The number of benzene rings is 1. The van der Waals surface area contributed by atoms with E-state index in [1.54, 1.807) is 0 Å². The molecule has 1 aromatic carbocycles. The second-order valence-electron chi connectivity index (χ2n) is 6.05. The van der Waals surface area contributed by atoms with Gasteiger partial charge in [-0.05, 0) is 42.9 Å². The van der Waals surface area contributed by atoms with Gasteiger partial charge < -0.3 is 5.32 Å². The van der Waals surface area contributed by atoms with Crippen molar-refractivity contribution in [2.24, 2.45) is 10.4 Å². The summed E-state index contributed by atoms with van der Waals surface area (Å²) in [6.45, 7) is 3.14. The number of anilines is 1. The Labute approximate surface area is 134 Å². The molecule has 0 radical (unpaired) electrons. The van der Waals surface area contributed by atoms with Gasteiger partial charge in [-0.3, -0.25) is 4.99 Å². The van der Waals surface area contributed by atoms with Crippen LogP contribution in [0.2, 0.25) is 0 Å². The van der Waals surface area contributed by atoms with Gasteiger partial charge in [-0.2, -0.15) is 0 Å². The predicted molar refractivity (Wildman–Crippen MR) is 92.8 cm³/mol. The number of aliphatic imine (C=N–C) groups is 1. The Hall–Kier alpha value is -0.480. The molecule has 3 rings (SSSR count). The maximum Gasteiger partial charge on any atom is 0.161 e. The van der Waals surface area contributed by atoms with Crippen LogP contribution in [0.1, 0.15) is 37.7 Å². The summed E-state index contributed by atoms with van der Waals surface area (Å²) in [5, 5.41) is 4.58. The molecule has 0 bridgehead atoms. The maximum absolute atomic E-state index is 4.83. The number of aryl methyl sites for hydroxylation is 1. The zero-order valence-electron chi connectivity index (χ0n) is 11.9. The molecule has 0 atom stereocenters. The summed E-state index contributed by atoms with van der Waals surface area (Å²) in [6, 6.07) is 6.33. The van der Waals surface area contributed by atoms with Crippen molar-refractivity contribution >= 4 is 38.5 Å². The Morgan fingerprint density at radius 3 is 2.75 bits per heavy atom. The van der Waals surface area contributed by atoms with Gasteiger partial charge in [0.25, 0.3) is 0 Å². The third-order valence-corrected chi connectivity index (χ3v) is 6.18. The SMILES string of the molecule is Cc1ccc(Br)cc1NC1=NCC2(CCCCC2)CS1. The summed E-state index contributed by atoms with van der Waals surface area (Å²) >= 11 is 5.43. The van der Waals surface area contributed by atoms with E-state index in [0.29, 0.717) is 5.41 Å². The number of amidine groups is 1. The van der Waals surface area contributed by atoms with E-state index in [0.717, 1.165) is 21.9 Å². The van der Waals surface area contributed by atoms with E-state index >= 15 is 0 Å². The fourth-order valence-electron chi connectivity index (χ4n) is 3.08. The van der Waals surface area contributed by atoms with Crippen molar-refractivity contribution in [3.05, 3.63) is 28.2 Å². The molecule has 1 spiro atoms. The molecule has 0 aromatic heterocycles. The zero-order valence-corrected chi connectivity index (χ0v) is 14.3. The summed E-state index contributed by atoms with van der Waals surface area (Å²) in [7, 11) is 0. The number of hydrogen-bond donors (Lipinski definition) is 1. The van der Waals surface area contributed by atoms with Crippen LogP contribution in [-0.4, -0.2) is 17.5 Å². The first-order chi connectivity index (χ1) is 9.67. The molecule has 20 heavy (non-hydrogen) atoms. The van der Waals surface area contributed by atoms with Gasteiger partial charge in [0.2, 0.25) is 0 Å². The highest BCUT2D eigenvalue weighted by molar-refractivity contribution is 9.10. The van der Waals surface area contributed by atoms with Crippen LogP contribution >= 0.6 is 27.7 Å². The molecule has 1 N–H and O–H groups in total. The summed E-state index contributed by atoms with van der Waals surface area (Å²) in [4.78, 5) is 4.83. The Balaban J connectivity index is 1.69. The minimum absolute atomic E-state index is 0.500. The van der Waals surface area contributed by atoms with Crippen LogP contribution in [0.3, 0.4) is 0 Å². The largest absolute Gasteiger partial charge is 0.335 e. The van der Waals surface area contributed by atoms with E-state index in [2.05, 4.69) is 46.4 Å². The second-order valence-corrected chi connectivity index (χ2v) is 7.93. The molecule has 0 amide bonds. The number of thioether (sulfide) groups is 1. The highest BCUT2D eigenvalue weighted by Crippen LogP contribution is 2.42. The minimum Gasteiger partial charge on any atom is -0.335 e. The van der Waals surface area contributed by atoms with Crippen molar-refractivity contribution in [1.82, 2.24) is 0 Å². The van der Waals surface area contributed by atoms with Crippen LogP contribution in [-0.2, 0) is 0 Å². The fraction of sp³-hybridized carbons (Fsp3) is 0.562. The lowest BCUT2D eigenvalue weighted by atomic mass is 9.75. The highest BCUT2D eigenvalue weighted by atomic mass is 79.9. The molecular weight excluding hydrogens is 332 g/mol. The molecule has 1 aliphatic heterocycles. The molecular formula is C16H21BrN2S. The van der Waals surface area contributed by atoms with Crippen molar-refractivity contribution < 1.29 is 0 Å². The first-order valence-electron chi connectivity index (χ1n) is 7.37. The van der Waals surface area contributed by atoms with Gasteiger partial charge in [0.1, 0.15) is 0 Å². The number of rotatable bonds is 1. The third-order valence-electron chi connectivity index (χ3n) is 4.43. The van der Waals surface area contributed by atoms with Crippen molar-refractivity contribution in [2.75, 3.05) is 17.6 Å². The summed E-state index contributed by atoms with van der Waals surface area (Å²) < 4.78 is 1.11. The Bertz CT molecular complexity index is 521. The third kappa shape index (κ3) is 3.22. The first kappa shape index (κ1) is 14.5. The summed E-state index contributed by atoms with van der Waals surface area (Å²) in [5.41, 5.74) is 2.92. The molecule has 1 heterocycles. The lowest BCUT2D eigenvalue weighted by Crippen LogP contribution is -2.35. The quantitative estimate of drug-likeness (QED) is 0.748. The smallest absolute Gasteiger partial charge is 0.161 e. The summed E-state index contributed by atoms with van der Waals surface area (Å²) in [6.07, 6.45) is 6.94. The van der Waals surface area contributed by atoms with Gasteiger partial charge in [-0.15, -0.1) is 0 Å². The van der Waals surface area contributed by atoms with E-state index in [1.165, 1.54) is 43.4 Å². The Kier molecular flexibility index (Phi) is 4.41. The van der Waals surface area contributed by atoms with Crippen molar-refractivity contribution in [2.45, 2.75) is 39.0 Å². The second kappa shape index (κ2) is 6.10. The Morgan fingerprint density at radius 1 is 1.25 bits per heavy atom. The number of hydrogen-bond acceptors (Lipinski definition) is 3. The van der Waals surface area contributed by atoms with Crippen LogP contribution in [0.5, 0.6) is 0 Å². The average molecular weight is 353 g/mol. The van der Waals surface area contributed by atoms with Gasteiger partial charge in [0.15, 0.2) is 5.17 Å². The van der Waals surface area contributed by atoms with Gasteiger partial charge in [-0.25, -0.2) is 0 Å². The molecule has 2 aliphatic rings. The lowest BCUT2D eigenvalue weighted by Gasteiger charge is -2.38. The maximum atomic E-state index is 4.83. The average Bonchev–Trinajstić information content (AvgIpc) is 2.47. The normalized spacial score (nSPS) is 21.6. The van der Waals surface area contributed by atoms with E-state index < -0.39 is 0 Å². The van der Waals surface area contributed by atoms with E-state index in [1.807, 2.05) is 11.8 Å². The highest BCUT2D eigenvalue weighted by Gasteiger charge is 2.34. The lowest BCUT2D eigenvalue weighted by molar-refractivity contribution is 0.232. The van der Waals surface area contributed by atoms with Gasteiger partial charge in [-0.1, -0.05) is 53.0 Å². The summed E-state index contributed by atoms with van der Waals surface area (Å²) in [5.74, 6) is 1.23. The van der Waals surface area contributed by atoms with Crippen LogP contribution in [0.4, 0.5) is 5.69 Å². The van der Waals surface area contributed by atoms with E-state index in [4.69, 9.17) is 4.99 Å². The predicted octanol–water partition coefficient (Wildman–Crippen LogP) is 5.22. The standard InChI is InChI=1S/C16H21BrN2S/c1-12-5-6-13(17)9-14(12)19-15-18-10-16(11-20-15)7-3-2-4-8-16/h5-6,9H,2-4,7-8,10-11H2,1H3,(H,18,19). The number of nitrogens with zero attached hydrogens (tertiary/aromatic N) is 1. The van der Waals surface area contributed by atoms with Crippen LogP contribution in [0.15, 0.2) is 27.7 Å². The molecule has 1 aromatic rings. The van der Waals surface area contributed by atoms with Crippen molar-refractivity contribution in [3.63, 3.8) is 0 Å². The molecule has 0 unspecified atom stereocenters. The van der Waals surface area contributed by atoms with Crippen molar-refractivity contribution in [3.8, 4) is 0 Å². The monoisotopic (exact) mass is 352 g/mol. The van der Waals surface area contributed by atoms with Gasteiger partial charge in [0, 0.05) is 22.5 Å². The molecule has 1 fully saturated rings. The van der Waals surface area contributed by atoms with E-state index in [-0.39, 0.29) is 0 Å². The zero-order chi connectivity index (χ0) is 14.0. The van der Waals surface area contributed by atoms with Crippen LogP contribution < -0.4 is 5.32 Å². The molecule has 108 valence electrons. The first-order valence-corrected chi connectivity index (χ1v) is 9.15. The van der Waals surface area contributed by atoms with E-state index in [9.17, 15) is 0 Å². The topological polar surface area (TPSA) is 24.4 Å². The fourth-order valence-corrected chi connectivity index (χ4v) is 4.60. The molecule has 2 nitrogen and oxygen atoms in total. The van der Waals surface area contributed by atoms with Gasteiger partial charge >= 0.3 is 0 Å². The molecule has 1 saturated carbocycles. The molecule has 1 aliphatic carbocycles. The molecule has 4 heteroatoms.